The zero-order valence-electron chi connectivity index (χ0n) is 13.5. The van der Waals surface area contributed by atoms with Crippen LogP contribution < -0.4 is 5.32 Å². The first-order chi connectivity index (χ1) is 10.3. The smallest absolute Gasteiger partial charge is 0.0306 e. The molecule has 1 unspecified atom stereocenters. The van der Waals surface area contributed by atoms with Gasteiger partial charge in [-0.3, -0.25) is 0 Å². The number of likely N-dealkylation sites (tertiary alicyclic amines) is 1. The van der Waals surface area contributed by atoms with Crippen molar-refractivity contribution in [3.63, 3.8) is 0 Å². The second-order valence-corrected chi connectivity index (χ2v) is 7.07. The number of hydrogen-bond donors (Lipinski definition) is 1. The van der Waals surface area contributed by atoms with Crippen LogP contribution in [0.15, 0.2) is 30.3 Å². The van der Waals surface area contributed by atoms with Crippen LogP contribution in [0.25, 0.3) is 0 Å². The minimum Gasteiger partial charge on any atom is -0.310 e. The Morgan fingerprint density at radius 1 is 1.19 bits per heavy atom. The van der Waals surface area contributed by atoms with Crippen LogP contribution in [0, 0.1) is 5.92 Å². The zero-order valence-corrected chi connectivity index (χ0v) is 13.5. The monoisotopic (exact) mass is 286 g/mol. The predicted octanol–water partition coefficient (Wildman–Crippen LogP) is 3.47. The van der Waals surface area contributed by atoms with Gasteiger partial charge >= 0.3 is 0 Å². The SMILES string of the molecule is CCC1(CN2CCC(Cc3ccccc3)CC2)CCCN1. The topological polar surface area (TPSA) is 15.3 Å². The summed E-state index contributed by atoms with van der Waals surface area (Å²) in [5.41, 5.74) is 1.94. The summed E-state index contributed by atoms with van der Waals surface area (Å²) in [7, 11) is 0. The molecule has 0 aliphatic carbocycles. The fourth-order valence-electron chi connectivity index (χ4n) is 4.14. The van der Waals surface area contributed by atoms with E-state index in [-0.39, 0.29) is 0 Å². The summed E-state index contributed by atoms with van der Waals surface area (Å²) in [5.74, 6) is 0.887. The zero-order chi connectivity index (χ0) is 14.5. The molecule has 0 saturated carbocycles. The molecule has 3 rings (SSSR count). The quantitative estimate of drug-likeness (QED) is 0.891. The van der Waals surface area contributed by atoms with E-state index in [2.05, 4.69) is 47.5 Å². The van der Waals surface area contributed by atoms with Crippen LogP contribution in [0.2, 0.25) is 0 Å². The average Bonchev–Trinajstić information content (AvgIpc) is 2.99. The molecule has 0 aromatic heterocycles. The number of piperidine rings is 1. The van der Waals surface area contributed by atoms with Crippen LogP contribution in [-0.4, -0.2) is 36.6 Å². The van der Waals surface area contributed by atoms with Crippen molar-refractivity contribution in [2.75, 3.05) is 26.2 Å². The molecule has 1 N–H and O–H groups in total. The summed E-state index contributed by atoms with van der Waals surface area (Å²) in [5, 5.41) is 3.78. The molecule has 2 aliphatic heterocycles. The van der Waals surface area contributed by atoms with Gasteiger partial charge in [-0.2, -0.15) is 0 Å². The normalized spacial score (nSPS) is 28.0. The van der Waals surface area contributed by atoms with E-state index in [4.69, 9.17) is 0 Å². The summed E-state index contributed by atoms with van der Waals surface area (Å²) in [4.78, 5) is 2.71. The van der Waals surface area contributed by atoms with Crippen molar-refractivity contribution >= 4 is 0 Å². The van der Waals surface area contributed by atoms with Gasteiger partial charge in [-0.15, -0.1) is 0 Å². The van der Waals surface area contributed by atoms with Crippen molar-refractivity contribution in [3.05, 3.63) is 35.9 Å². The summed E-state index contributed by atoms with van der Waals surface area (Å²) in [6, 6.07) is 11.0. The molecule has 2 fully saturated rings. The van der Waals surface area contributed by atoms with Gasteiger partial charge in [0.2, 0.25) is 0 Å². The first-order valence-corrected chi connectivity index (χ1v) is 8.81. The highest BCUT2D eigenvalue weighted by atomic mass is 15.2. The maximum atomic E-state index is 3.78. The van der Waals surface area contributed by atoms with E-state index >= 15 is 0 Å². The van der Waals surface area contributed by atoms with Crippen molar-refractivity contribution in [1.82, 2.24) is 10.2 Å². The molecule has 0 radical (unpaired) electrons. The first kappa shape index (κ1) is 15.1. The highest BCUT2D eigenvalue weighted by Crippen LogP contribution is 2.27. The first-order valence-electron chi connectivity index (χ1n) is 8.81. The van der Waals surface area contributed by atoms with Gasteiger partial charge in [0.15, 0.2) is 0 Å². The molecule has 0 amide bonds. The molecule has 2 heteroatoms. The van der Waals surface area contributed by atoms with Crippen molar-refractivity contribution in [2.45, 2.75) is 51.0 Å². The lowest BCUT2D eigenvalue weighted by atomic mass is 9.88. The molecule has 2 aliphatic rings. The average molecular weight is 286 g/mol. The van der Waals surface area contributed by atoms with Crippen LogP contribution in [-0.2, 0) is 6.42 Å². The van der Waals surface area contributed by atoms with Crippen molar-refractivity contribution in [3.8, 4) is 0 Å². The van der Waals surface area contributed by atoms with Crippen LogP contribution in [0.3, 0.4) is 0 Å². The van der Waals surface area contributed by atoms with Gasteiger partial charge in [0.05, 0.1) is 0 Å². The Hall–Kier alpha value is -0.860. The van der Waals surface area contributed by atoms with Gasteiger partial charge in [0.1, 0.15) is 0 Å². The van der Waals surface area contributed by atoms with Gasteiger partial charge < -0.3 is 10.2 Å². The van der Waals surface area contributed by atoms with E-state index in [1.54, 1.807) is 0 Å². The molecule has 1 aromatic carbocycles. The number of hydrogen-bond acceptors (Lipinski definition) is 2. The Morgan fingerprint density at radius 3 is 2.57 bits per heavy atom. The van der Waals surface area contributed by atoms with Gasteiger partial charge in [-0.25, -0.2) is 0 Å². The number of nitrogens with zero attached hydrogens (tertiary/aromatic N) is 1. The maximum Gasteiger partial charge on any atom is 0.0306 e. The van der Waals surface area contributed by atoms with Gasteiger partial charge in [-0.1, -0.05) is 37.3 Å². The summed E-state index contributed by atoms with van der Waals surface area (Å²) < 4.78 is 0. The maximum absolute atomic E-state index is 3.78. The number of rotatable bonds is 5. The van der Waals surface area contributed by atoms with E-state index in [1.807, 2.05) is 0 Å². The number of nitrogens with one attached hydrogen (secondary N) is 1. The van der Waals surface area contributed by atoms with E-state index < -0.39 is 0 Å². The third-order valence-corrected chi connectivity index (χ3v) is 5.61. The molecule has 0 spiro atoms. The molecular formula is C19H30N2. The molecule has 0 bridgehead atoms. The largest absolute Gasteiger partial charge is 0.310 e. The van der Waals surface area contributed by atoms with Crippen LogP contribution in [0.1, 0.15) is 44.6 Å². The van der Waals surface area contributed by atoms with Gasteiger partial charge in [0.25, 0.3) is 0 Å². The molecule has 2 saturated heterocycles. The number of benzene rings is 1. The minimum absolute atomic E-state index is 0.423. The Labute approximate surface area is 129 Å². The van der Waals surface area contributed by atoms with E-state index in [0.717, 1.165) is 5.92 Å². The second-order valence-electron chi connectivity index (χ2n) is 7.07. The minimum atomic E-state index is 0.423. The summed E-state index contributed by atoms with van der Waals surface area (Å²) in [6.45, 7) is 7.42. The lowest BCUT2D eigenvalue weighted by Gasteiger charge is -2.39. The van der Waals surface area contributed by atoms with E-state index in [0.29, 0.717) is 5.54 Å². The lowest BCUT2D eigenvalue weighted by Crippen LogP contribution is -2.51. The summed E-state index contributed by atoms with van der Waals surface area (Å²) >= 11 is 0. The molecule has 1 atom stereocenters. The van der Waals surface area contributed by atoms with Crippen molar-refractivity contribution in [2.24, 2.45) is 5.92 Å². The highest BCUT2D eigenvalue weighted by molar-refractivity contribution is 5.15. The standard InChI is InChI=1S/C19H30N2/c1-2-19(11-6-12-20-19)16-21-13-9-18(10-14-21)15-17-7-4-3-5-8-17/h3-5,7-8,18,20H,2,6,9-16H2,1H3. The predicted molar refractivity (Wildman–Crippen MR) is 89.6 cm³/mol. The molecule has 21 heavy (non-hydrogen) atoms. The summed E-state index contributed by atoms with van der Waals surface area (Å²) in [6.07, 6.45) is 8.01. The van der Waals surface area contributed by atoms with E-state index in [1.165, 1.54) is 70.3 Å². The van der Waals surface area contributed by atoms with Gasteiger partial charge in [-0.05, 0) is 69.6 Å². The highest BCUT2D eigenvalue weighted by Gasteiger charge is 2.34. The Balaban J connectivity index is 1.47. The van der Waals surface area contributed by atoms with Gasteiger partial charge in [0, 0.05) is 12.1 Å². The molecular weight excluding hydrogens is 256 g/mol. The molecule has 2 heterocycles. The van der Waals surface area contributed by atoms with Crippen molar-refractivity contribution in [1.29, 1.82) is 0 Å². The van der Waals surface area contributed by atoms with Crippen LogP contribution >= 0.6 is 0 Å². The molecule has 2 nitrogen and oxygen atoms in total. The second kappa shape index (κ2) is 6.93. The lowest BCUT2D eigenvalue weighted by molar-refractivity contribution is 0.136. The van der Waals surface area contributed by atoms with Crippen LogP contribution in [0.5, 0.6) is 0 Å². The third kappa shape index (κ3) is 3.87. The molecule has 1 aromatic rings. The third-order valence-electron chi connectivity index (χ3n) is 5.61. The Bertz CT molecular complexity index is 414. The fraction of sp³-hybridized carbons (Fsp3) is 0.684. The van der Waals surface area contributed by atoms with Crippen molar-refractivity contribution < 1.29 is 0 Å². The van der Waals surface area contributed by atoms with E-state index in [9.17, 15) is 0 Å². The Morgan fingerprint density at radius 2 is 1.95 bits per heavy atom. The molecule has 116 valence electrons. The Kier molecular flexibility index (Phi) is 4.97. The fourth-order valence-corrected chi connectivity index (χ4v) is 4.14. The van der Waals surface area contributed by atoms with Crippen LogP contribution in [0.4, 0.5) is 0 Å².